The van der Waals surface area contributed by atoms with Crippen molar-refractivity contribution in [2.75, 3.05) is 0 Å². The van der Waals surface area contributed by atoms with E-state index in [1.165, 1.54) is 5.56 Å². The van der Waals surface area contributed by atoms with Gasteiger partial charge < -0.3 is 12.4 Å². The van der Waals surface area contributed by atoms with E-state index in [-0.39, 0.29) is 27.5 Å². The van der Waals surface area contributed by atoms with Crippen LogP contribution in [0.3, 0.4) is 0 Å². The Morgan fingerprint density at radius 1 is 1.13 bits per heavy atom. The molecule has 0 atom stereocenters. The fraction of sp³-hybridized carbons (Fsp3) is 0.0769. The maximum absolute atomic E-state index is 4.32. The molecule has 0 amide bonds. The summed E-state index contributed by atoms with van der Waals surface area (Å²) in [4.78, 5) is 4.32. The van der Waals surface area contributed by atoms with Crippen LogP contribution < -0.4 is 0 Å². The Morgan fingerprint density at radius 2 is 1.93 bits per heavy atom. The second-order valence-electron chi connectivity index (χ2n) is 3.00. The van der Waals surface area contributed by atoms with E-state index in [9.17, 15) is 0 Å². The Hall–Kier alpha value is -0.981. The van der Waals surface area contributed by atoms with E-state index in [0.717, 1.165) is 11.3 Å². The summed E-state index contributed by atoms with van der Waals surface area (Å²) in [5.74, 6) is 0. The zero-order valence-corrected chi connectivity index (χ0v) is 11.2. The molecule has 0 bridgehead atoms. The van der Waals surface area contributed by atoms with E-state index < -0.39 is 0 Å². The van der Waals surface area contributed by atoms with Gasteiger partial charge in [0, 0.05) is 26.3 Å². The third-order valence-electron chi connectivity index (χ3n) is 1.90. The van der Waals surface area contributed by atoms with E-state index in [1.807, 2.05) is 43.5 Å². The molecule has 0 aliphatic heterocycles. The predicted octanol–water partition coefficient (Wildman–Crippen LogP) is 3.31. The number of hydrogen-bond acceptors (Lipinski definition) is 1. The molecule has 1 aromatic carbocycles. The number of aryl methyl sites for hydroxylation is 1. The summed E-state index contributed by atoms with van der Waals surface area (Å²) in [5, 5.41) is 0. The Bertz CT molecular complexity index is 381. The van der Waals surface area contributed by atoms with Crippen molar-refractivity contribution in [3.05, 3.63) is 61.7 Å². The van der Waals surface area contributed by atoms with Gasteiger partial charge in [0.2, 0.25) is 0 Å². The van der Waals surface area contributed by atoms with Gasteiger partial charge in [0.05, 0.1) is 0 Å². The first kappa shape index (κ1) is 14.0. The maximum atomic E-state index is 4.32. The summed E-state index contributed by atoms with van der Waals surface area (Å²) in [6, 6.07) is 15.1. The summed E-state index contributed by atoms with van der Waals surface area (Å²) in [5.41, 5.74) is 3.20. The number of rotatable bonds is 1. The van der Waals surface area contributed by atoms with Crippen LogP contribution in [0.2, 0.25) is 0 Å². The van der Waals surface area contributed by atoms with E-state index in [4.69, 9.17) is 0 Å². The van der Waals surface area contributed by atoms with Crippen molar-refractivity contribution in [2.24, 2.45) is 0 Å². The van der Waals surface area contributed by atoms with E-state index in [2.05, 4.69) is 17.1 Å². The van der Waals surface area contributed by atoms with Crippen molar-refractivity contribution in [3.63, 3.8) is 0 Å². The molecule has 2 heteroatoms. The molecule has 2 aromatic rings. The maximum Gasteiger partial charge on any atom is 0.0190 e. The van der Waals surface area contributed by atoms with Crippen LogP contribution in [0.4, 0.5) is 0 Å². The van der Waals surface area contributed by atoms with Gasteiger partial charge in [-0.25, -0.2) is 0 Å². The Balaban J connectivity index is 0.000000980. The number of aromatic nitrogens is 1. The minimum absolute atomic E-state index is 0. The van der Waals surface area contributed by atoms with Crippen LogP contribution in [0.5, 0.6) is 0 Å². The molecular formula is C13H13IrN-2. The van der Waals surface area contributed by atoms with Crippen molar-refractivity contribution in [1.82, 2.24) is 4.98 Å². The first-order valence-electron chi connectivity index (χ1n) is 4.26. The normalized spacial score (nSPS) is 8.60. The van der Waals surface area contributed by atoms with E-state index in [1.54, 1.807) is 0 Å². The van der Waals surface area contributed by atoms with Crippen molar-refractivity contribution >= 4 is 0 Å². The third kappa shape index (κ3) is 3.58. The van der Waals surface area contributed by atoms with Crippen LogP contribution in [0.15, 0.2) is 42.6 Å². The molecular weight excluding hydrogens is 362 g/mol. The van der Waals surface area contributed by atoms with Crippen LogP contribution in [0, 0.1) is 20.4 Å². The topological polar surface area (TPSA) is 12.9 Å². The van der Waals surface area contributed by atoms with Crippen LogP contribution in [-0.4, -0.2) is 4.98 Å². The summed E-state index contributed by atoms with van der Waals surface area (Å²) >= 11 is 0. The molecule has 0 fully saturated rings. The SMILES string of the molecule is Cc1ccc(-c2[c-]cccc2)nc1.[CH3-].[Ir]. The first-order chi connectivity index (χ1) is 6.36. The van der Waals surface area contributed by atoms with Gasteiger partial charge in [-0.15, -0.1) is 35.9 Å². The van der Waals surface area contributed by atoms with Crippen molar-refractivity contribution in [3.8, 4) is 11.3 Å². The average Bonchev–Trinajstić information content (AvgIpc) is 2.20. The predicted molar refractivity (Wildman–Crippen MR) is 59.7 cm³/mol. The standard InChI is InChI=1S/C12H10N.CH3.Ir/c1-10-7-8-12(13-9-10)11-5-3-2-4-6-11;;/h2-5,7-9H,1H3;1H3;/q2*-1;. The molecule has 1 heterocycles. The second kappa shape index (κ2) is 6.49. The molecule has 0 spiro atoms. The van der Waals surface area contributed by atoms with Crippen LogP contribution >= 0.6 is 0 Å². The number of benzene rings is 1. The second-order valence-corrected chi connectivity index (χ2v) is 3.00. The molecule has 2 rings (SSSR count). The first-order valence-corrected chi connectivity index (χ1v) is 4.26. The molecule has 1 nitrogen and oxygen atoms in total. The van der Waals surface area contributed by atoms with Gasteiger partial charge in [0.15, 0.2) is 0 Å². The summed E-state index contributed by atoms with van der Waals surface area (Å²) in [7, 11) is 0. The fourth-order valence-corrected chi connectivity index (χ4v) is 1.18. The third-order valence-corrected chi connectivity index (χ3v) is 1.90. The van der Waals surface area contributed by atoms with Gasteiger partial charge in [0.1, 0.15) is 0 Å². The summed E-state index contributed by atoms with van der Waals surface area (Å²) < 4.78 is 0. The van der Waals surface area contributed by atoms with Crippen LogP contribution in [0.1, 0.15) is 5.56 Å². The Morgan fingerprint density at radius 3 is 2.47 bits per heavy atom. The molecule has 1 aromatic heterocycles. The largest absolute Gasteiger partial charge is 0.358 e. The van der Waals surface area contributed by atoms with E-state index in [0.29, 0.717) is 0 Å². The molecule has 0 aliphatic rings. The van der Waals surface area contributed by atoms with Gasteiger partial charge in [-0.3, -0.25) is 0 Å². The minimum atomic E-state index is 0. The smallest absolute Gasteiger partial charge is 0.0190 e. The minimum Gasteiger partial charge on any atom is -0.358 e. The number of nitrogens with zero attached hydrogens (tertiary/aromatic N) is 1. The molecule has 1 radical (unpaired) electrons. The van der Waals surface area contributed by atoms with Gasteiger partial charge in [-0.05, 0) is 18.2 Å². The van der Waals surface area contributed by atoms with Gasteiger partial charge in [-0.1, -0.05) is 12.1 Å². The quantitative estimate of drug-likeness (QED) is 0.697. The summed E-state index contributed by atoms with van der Waals surface area (Å²) in [6.07, 6.45) is 1.87. The molecule has 0 aliphatic carbocycles. The molecule has 0 unspecified atom stereocenters. The summed E-state index contributed by atoms with van der Waals surface area (Å²) in [6.45, 7) is 2.03. The molecule has 81 valence electrons. The molecule has 0 saturated carbocycles. The molecule has 0 N–H and O–H groups in total. The van der Waals surface area contributed by atoms with Gasteiger partial charge >= 0.3 is 0 Å². The van der Waals surface area contributed by atoms with Crippen molar-refractivity contribution < 1.29 is 20.1 Å². The van der Waals surface area contributed by atoms with Crippen molar-refractivity contribution in [1.29, 1.82) is 0 Å². The molecule has 15 heavy (non-hydrogen) atoms. The van der Waals surface area contributed by atoms with Crippen LogP contribution in [0.25, 0.3) is 11.3 Å². The van der Waals surface area contributed by atoms with E-state index >= 15 is 0 Å². The Labute approximate surface area is 105 Å². The van der Waals surface area contributed by atoms with Gasteiger partial charge in [0.25, 0.3) is 0 Å². The van der Waals surface area contributed by atoms with Crippen molar-refractivity contribution in [2.45, 2.75) is 6.92 Å². The zero-order chi connectivity index (χ0) is 9.10. The Kier molecular flexibility index (Phi) is 6.07. The fourth-order valence-electron chi connectivity index (χ4n) is 1.18. The number of hydrogen-bond donors (Lipinski definition) is 0. The zero-order valence-electron chi connectivity index (χ0n) is 8.82. The average molecular weight is 375 g/mol. The van der Waals surface area contributed by atoms with Gasteiger partial charge in [-0.2, -0.15) is 0 Å². The number of pyridine rings is 1. The molecule has 0 saturated heterocycles. The monoisotopic (exact) mass is 376 g/mol. The van der Waals surface area contributed by atoms with Crippen LogP contribution in [-0.2, 0) is 20.1 Å².